The predicted molar refractivity (Wildman–Crippen MR) is 84.0 cm³/mol. The summed E-state index contributed by atoms with van der Waals surface area (Å²) in [5, 5.41) is 6.16. The number of ether oxygens (including phenoxy) is 1. The fourth-order valence-corrected chi connectivity index (χ4v) is 2.35. The Labute approximate surface area is 125 Å². The van der Waals surface area contributed by atoms with Crippen LogP contribution in [0.4, 0.5) is 0 Å². The summed E-state index contributed by atoms with van der Waals surface area (Å²) in [7, 11) is 1.66. The summed E-state index contributed by atoms with van der Waals surface area (Å²) in [6.07, 6.45) is 0.853. The van der Waals surface area contributed by atoms with Crippen LogP contribution in [-0.4, -0.2) is 38.5 Å². The molecule has 112 valence electrons. The minimum atomic E-state index is 0.0721. The zero-order chi connectivity index (χ0) is 14.6. The summed E-state index contributed by atoms with van der Waals surface area (Å²) in [5.41, 5.74) is 1.26. The molecule has 0 saturated carbocycles. The van der Waals surface area contributed by atoms with Crippen LogP contribution in [0.25, 0.3) is 0 Å². The average Bonchev–Trinajstić information content (AvgIpc) is 2.48. The molecule has 1 aromatic carbocycles. The maximum Gasteiger partial charge on any atom is 0.230 e. The number of amides is 1. The van der Waals surface area contributed by atoms with Gasteiger partial charge in [-0.1, -0.05) is 19.1 Å². The van der Waals surface area contributed by atoms with E-state index in [1.165, 1.54) is 5.56 Å². The highest BCUT2D eigenvalue weighted by Gasteiger charge is 2.02. The zero-order valence-corrected chi connectivity index (χ0v) is 13.1. The highest BCUT2D eigenvalue weighted by molar-refractivity contribution is 8.00. The average molecular weight is 296 g/mol. The number of benzene rings is 1. The topological polar surface area (TPSA) is 50.4 Å². The van der Waals surface area contributed by atoms with E-state index in [0.29, 0.717) is 18.9 Å². The van der Waals surface area contributed by atoms with E-state index in [1.54, 1.807) is 18.9 Å². The van der Waals surface area contributed by atoms with Crippen LogP contribution in [0.5, 0.6) is 0 Å². The molecule has 1 aromatic rings. The first-order valence-electron chi connectivity index (χ1n) is 6.94. The zero-order valence-electron chi connectivity index (χ0n) is 12.3. The van der Waals surface area contributed by atoms with E-state index in [2.05, 4.69) is 41.8 Å². The van der Waals surface area contributed by atoms with Crippen molar-refractivity contribution in [1.82, 2.24) is 10.6 Å². The Hall–Kier alpha value is -1.04. The molecule has 5 heteroatoms. The van der Waals surface area contributed by atoms with Crippen LogP contribution in [0.3, 0.4) is 0 Å². The van der Waals surface area contributed by atoms with E-state index in [9.17, 15) is 4.79 Å². The van der Waals surface area contributed by atoms with Crippen LogP contribution in [0.1, 0.15) is 18.9 Å². The van der Waals surface area contributed by atoms with Crippen LogP contribution in [0.15, 0.2) is 29.2 Å². The Morgan fingerprint density at radius 1 is 1.30 bits per heavy atom. The standard InChI is InChI=1S/C15H24N2O2S/c1-3-16-11-13-5-7-14(8-6-13)20-12-15(18)17-9-4-10-19-2/h5-8,16H,3-4,9-12H2,1-2H3,(H,17,18). The van der Waals surface area contributed by atoms with Crippen LogP contribution in [-0.2, 0) is 16.1 Å². The molecule has 20 heavy (non-hydrogen) atoms. The third-order valence-corrected chi connectivity index (χ3v) is 3.73. The van der Waals surface area contributed by atoms with E-state index in [4.69, 9.17) is 4.74 Å². The Morgan fingerprint density at radius 3 is 2.70 bits per heavy atom. The molecule has 0 spiro atoms. The van der Waals surface area contributed by atoms with Gasteiger partial charge in [0.05, 0.1) is 5.75 Å². The van der Waals surface area contributed by atoms with Gasteiger partial charge in [-0.25, -0.2) is 0 Å². The Kier molecular flexibility index (Phi) is 9.11. The van der Waals surface area contributed by atoms with E-state index < -0.39 is 0 Å². The van der Waals surface area contributed by atoms with Crippen molar-refractivity contribution in [3.63, 3.8) is 0 Å². The smallest absolute Gasteiger partial charge is 0.230 e. The van der Waals surface area contributed by atoms with E-state index in [1.807, 2.05) is 0 Å². The molecule has 0 aliphatic heterocycles. The van der Waals surface area contributed by atoms with Crippen LogP contribution >= 0.6 is 11.8 Å². The molecule has 2 N–H and O–H groups in total. The van der Waals surface area contributed by atoms with Gasteiger partial charge in [0.2, 0.25) is 5.91 Å². The van der Waals surface area contributed by atoms with Crippen molar-refractivity contribution in [1.29, 1.82) is 0 Å². The number of methoxy groups -OCH3 is 1. The van der Waals surface area contributed by atoms with Gasteiger partial charge >= 0.3 is 0 Å². The Balaban J connectivity index is 2.22. The van der Waals surface area contributed by atoms with Gasteiger partial charge in [0.15, 0.2) is 0 Å². The molecule has 0 unspecified atom stereocenters. The number of hydrogen-bond acceptors (Lipinski definition) is 4. The summed E-state index contributed by atoms with van der Waals surface area (Å²) in [6, 6.07) is 8.33. The third kappa shape index (κ3) is 7.53. The molecule has 1 rings (SSSR count). The summed E-state index contributed by atoms with van der Waals surface area (Å²) >= 11 is 1.56. The molecule has 1 amide bonds. The number of carbonyl (C=O) groups is 1. The summed E-state index contributed by atoms with van der Waals surface area (Å²) < 4.78 is 4.93. The quantitative estimate of drug-likeness (QED) is 0.512. The second-order valence-corrected chi connectivity index (χ2v) is 5.46. The highest BCUT2D eigenvalue weighted by Crippen LogP contribution is 2.18. The minimum Gasteiger partial charge on any atom is -0.385 e. The Morgan fingerprint density at radius 2 is 2.05 bits per heavy atom. The molecular formula is C15H24N2O2S. The van der Waals surface area contributed by atoms with Gasteiger partial charge in [-0.2, -0.15) is 0 Å². The van der Waals surface area contributed by atoms with Crippen molar-refractivity contribution in [3.05, 3.63) is 29.8 Å². The molecule has 0 fully saturated rings. The van der Waals surface area contributed by atoms with E-state index in [0.717, 1.165) is 24.4 Å². The van der Waals surface area contributed by atoms with Crippen molar-refractivity contribution >= 4 is 17.7 Å². The number of hydrogen-bond donors (Lipinski definition) is 2. The lowest BCUT2D eigenvalue weighted by Crippen LogP contribution is -2.26. The molecule has 0 aromatic heterocycles. The van der Waals surface area contributed by atoms with Crippen LogP contribution in [0, 0.1) is 0 Å². The highest BCUT2D eigenvalue weighted by atomic mass is 32.2. The van der Waals surface area contributed by atoms with Crippen molar-refractivity contribution in [3.8, 4) is 0 Å². The summed E-state index contributed by atoms with van der Waals surface area (Å²) in [4.78, 5) is 12.7. The fourth-order valence-electron chi connectivity index (χ4n) is 1.62. The van der Waals surface area contributed by atoms with Gasteiger partial charge in [0, 0.05) is 31.7 Å². The van der Waals surface area contributed by atoms with Gasteiger partial charge < -0.3 is 15.4 Å². The molecule has 4 nitrogen and oxygen atoms in total. The number of thioether (sulfide) groups is 1. The second kappa shape index (κ2) is 10.7. The lowest BCUT2D eigenvalue weighted by molar-refractivity contribution is -0.118. The van der Waals surface area contributed by atoms with Gasteiger partial charge in [-0.15, -0.1) is 11.8 Å². The van der Waals surface area contributed by atoms with Gasteiger partial charge in [-0.3, -0.25) is 4.79 Å². The molecule has 0 aliphatic rings. The van der Waals surface area contributed by atoms with Crippen molar-refractivity contribution in [2.75, 3.05) is 32.6 Å². The molecule has 0 bridgehead atoms. The van der Waals surface area contributed by atoms with Gasteiger partial charge in [0.1, 0.15) is 0 Å². The lowest BCUT2D eigenvalue weighted by Gasteiger charge is -2.06. The van der Waals surface area contributed by atoms with Crippen LogP contribution in [0.2, 0.25) is 0 Å². The molecule has 0 saturated heterocycles. The normalized spacial score (nSPS) is 10.5. The van der Waals surface area contributed by atoms with Gasteiger partial charge in [0.25, 0.3) is 0 Å². The maximum absolute atomic E-state index is 11.6. The third-order valence-electron chi connectivity index (χ3n) is 2.72. The monoisotopic (exact) mass is 296 g/mol. The SMILES string of the molecule is CCNCc1ccc(SCC(=O)NCCCOC)cc1. The van der Waals surface area contributed by atoms with Crippen LogP contribution < -0.4 is 10.6 Å². The summed E-state index contributed by atoms with van der Waals surface area (Å²) in [5.74, 6) is 0.530. The maximum atomic E-state index is 11.6. The largest absolute Gasteiger partial charge is 0.385 e. The first-order chi connectivity index (χ1) is 9.76. The minimum absolute atomic E-state index is 0.0721. The van der Waals surface area contributed by atoms with Crippen molar-refractivity contribution in [2.45, 2.75) is 24.8 Å². The Bertz CT molecular complexity index is 382. The number of nitrogens with one attached hydrogen (secondary N) is 2. The fraction of sp³-hybridized carbons (Fsp3) is 0.533. The van der Waals surface area contributed by atoms with Gasteiger partial charge in [-0.05, 0) is 30.7 Å². The first kappa shape index (κ1) is 17.0. The lowest BCUT2D eigenvalue weighted by atomic mass is 10.2. The van der Waals surface area contributed by atoms with Crippen molar-refractivity contribution < 1.29 is 9.53 Å². The molecule has 0 atom stereocenters. The second-order valence-electron chi connectivity index (χ2n) is 4.41. The molecule has 0 heterocycles. The van der Waals surface area contributed by atoms with Crippen molar-refractivity contribution in [2.24, 2.45) is 0 Å². The summed E-state index contributed by atoms with van der Waals surface area (Å²) in [6.45, 7) is 5.31. The molecule has 0 radical (unpaired) electrons. The number of rotatable bonds is 10. The van der Waals surface area contributed by atoms with E-state index in [-0.39, 0.29) is 5.91 Å². The number of carbonyl (C=O) groups excluding carboxylic acids is 1. The predicted octanol–water partition coefficient (Wildman–Crippen LogP) is 2.04. The molecular weight excluding hydrogens is 272 g/mol. The molecule has 0 aliphatic carbocycles. The van der Waals surface area contributed by atoms with E-state index >= 15 is 0 Å². The first-order valence-corrected chi connectivity index (χ1v) is 7.93.